The van der Waals surface area contributed by atoms with Crippen LogP contribution in [-0.4, -0.2) is 47.4 Å². The molecule has 7 nitrogen and oxygen atoms in total. The SMILES string of the molecule is COc1cccc(OCCNC(=O)CCCN(c2ccccc2C)S(C)(=O)=O)c1. The summed E-state index contributed by atoms with van der Waals surface area (Å²) in [5.41, 5.74) is 1.51. The summed E-state index contributed by atoms with van der Waals surface area (Å²) in [5.74, 6) is 1.23. The summed E-state index contributed by atoms with van der Waals surface area (Å²) in [5, 5.41) is 2.78. The Morgan fingerprint density at radius 2 is 1.83 bits per heavy atom. The fraction of sp³-hybridized carbons (Fsp3) is 0.381. The second kappa shape index (κ2) is 10.7. The van der Waals surface area contributed by atoms with Gasteiger partial charge in [-0.15, -0.1) is 0 Å². The number of hydrogen-bond acceptors (Lipinski definition) is 5. The average Bonchev–Trinajstić information content (AvgIpc) is 2.69. The van der Waals surface area contributed by atoms with E-state index in [9.17, 15) is 13.2 Å². The monoisotopic (exact) mass is 420 g/mol. The molecule has 0 heterocycles. The van der Waals surface area contributed by atoms with Crippen molar-refractivity contribution in [2.75, 3.05) is 37.4 Å². The molecule has 1 amide bonds. The number of rotatable bonds is 11. The standard InChI is InChI=1S/C21H28N2O5S/c1-17-8-4-5-11-20(17)23(29(3,25)26)14-7-12-21(24)22-13-15-28-19-10-6-9-18(16-19)27-2/h4-6,8-11,16H,7,12-15H2,1-3H3,(H,22,24). The average molecular weight is 421 g/mol. The molecule has 2 rings (SSSR count). The van der Waals surface area contributed by atoms with Crippen molar-refractivity contribution in [2.24, 2.45) is 0 Å². The molecule has 2 aromatic carbocycles. The van der Waals surface area contributed by atoms with Gasteiger partial charge < -0.3 is 14.8 Å². The first-order valence-corrected chi connectivity index (χ1v) is 11.2. The molecule has 0 saturated heterocycles. The Balaban J connectivity index is 1.75. The molecular weight excluding hydrogens is 392 g/mol. The molecule has 0 aliphatic rings. The summed E-state index contributed by atoms with van der Waals surface area (Å²) in [7, 11) is -1.84. The zero-order valence-corrected chi connectivity index (χ0v) is 17.9. The maximum atomic E-state index is 12.2. The molecule has 0 unspecified atom stereocenters. The van der Waals surface area contributed by atoms with Crippen LogP contribution in [0.5, 0.6) is 11.5 Å². The fourth-order valence-corrected chi connectivity index (χ4v) is 3.85. The number of amides is 1. The molecule has 0 bridgehead atoms. The predicted octanol–water partition coefficient (Wildman–Crippen LogP) is 2.75. The molecule has 0 spiro atoms. The minimum atomic E-state index is -3.42. The lowest BCUT2D eigenvalue weighted by atomic mass is 10.2. The normalized spacial score (nSPS) is 11.0. The molecule has 0 saturated carbocycles. The predicted molar refractivity (Wildman–Crippen MR) is 114 cm³/mol. The summed E-state index contributed by atoms with van der Waals surface area (Å²) < 4.78 is 36.4. The van der Waals surface area contributed by atoms with Crippen LogP contribution in [0.15, 0.2) is 48.5 Å². The number of anilines is 1. The highest BCUT2D eigenvalue weighted by Crippen LogP contribution is 2.22. The fourth-order valence-electron chi connectivity index (χ4n) is 2.83. The third-order valence-electron chi connectivity index (χ3n) is 4.28. The van der Waals surface area contributed by atoms with Crippen LogP contribution in [0, 0.1) is 6.92 Å². The lowest BCUT2D eigenvalue weighted by molar-refractivity contribution is -0.121. The van der Waals surface area contributed by atoms with E-state index < -0.39 is 10.0 Å². The third-order valence-corrected chi connectivity index (χ3v) is 5.46. The van der Waals surface area contributed by atoms with Gasteiger partial charge in [-0.3, -0.25) is 9.10 Å². The third kappa shape index (κ3) is 7.30. The molecule has 158 valence electrons. The summed E-state index contributed by atoms with van der Waals surface area (Å²) in [6, 6.07) is 14.5. The number of aryl methyl sites for hydroxylation is 1. The number of hydrogen-bond donors (Lipinski definition) is 1. The molecule has 0 aromatic heterocycles. The van der Waals surface area contributed by atoms with E-state index in [4.69, 9.17) is 9.47 Å². The Labute approximate surface area is 172 Å². The molecule has 0 atom stereocenters. The largest absolute Gasteiger partial charge is 0.497 e. The Kier molecular flexibility index (Phi) is 8.33. The van der Waals surface area contributed by atoms with E-state index in [1.54, 1.807) is 25.3 Å². The highest BCUT2D eigenvalue weighted by atomic mass is 32.2. The number of sulfonamides is 1. The number of nitrogens with zero attached hydrogens (tertiary/aromatic N) is 1. The van der Waals surface area contributed by atoms with Gasteiger partial charge >= 0.3 is 0 Å². The maximum absolute atomic E-state index is 12.2. The van der Waals surface area contributed by atoms with E-state index >= 15 is 0 Å². The summed E-state index contributed by atoms with van der Waals surface area (Å²) in [4.78, 5) is 12.0. The molecule has 0 aliphatic heterocycles. The number of benzene rings is 2. The van der Waals surface area contributed by atoms with Crippen LogP contribution in [0.1, 0.15) is 18.4 Å². The summed E-state index contributed by atoms with van der Waals surface area (Å²) >= 11 is 0. The van der Waals surface area contributed by atoms with E-state index in [2.05, 4.69) is 5.32 Å². The van der Waals surface area contributed by atoms with Crippen molar-refractivity contribution in [1.29, 1.82) is 0 Å². The number of ether oxygens (including phenoxy) is 2. The van der Waals surface area contributed by atoms with Gasteiger partial charge in [0, 0.05) is 19.0 Å². The van der Waals surface area contributed by atoms with E-state index in [0.29, 0.717) is 36.8 Å². The molecule has 1 N–H and O–H groups in total. The highest BCUT2D eigenvalue weighted by Gasteiger charge is 2.18. The van der Waals surface area contributed by atoms with Crippen molar-refractivity contribution in [3.05, 3.63) is 54.1 Å². The van der Waals surface area contributed by atoms with Crippen LogP contribution >= 0.6 is 0 Å². The summed E-state index contributed by atoms with van der Waals surface area (Å²) in [6.07, 6.45) is 1.83. The van der Waals surface area contributed by atoms with E-state index in [0.717, 1.165) is 5.56 Å². The van der Waals surface area contributed by atoms with Gasteiger partial charge in [-0.25, -0.2) is 8.42 Å². The number of para-hydroxylation sites is 1. The number of methoxy groups -OCH3 is 1. The second-order valence-electron chi connectivity index (χ2n) is 6.60. The maximum Gasteiger partial charge on any atom is 0.232 e. The van der Waals surface area contributed by atoms with Crippen LogP contribution in [0.3, 0.4) is 0 Å². The van der Waals surface area contributed by atoms with Crippen LogP contribution in [0.25, 0.3) is 0 Å². The van der Waals surface area contributed by atoms with E-state index in [1.165, 1.54) is 10.6 Å². The first-order valence-electron chi connectivity index (χ1n) is 9.38. The number of carbonyl (C=O) groups is 1. The van der Waals surface area contributed by atoms with Gasteiger partial charge in [0.25, 0.3) is 0 Å². The van der Waals surface area contributed by atoms with Gasteiger partial charge in [-0.05, 0) is 37.1 Å². The Morgan fingerprint density at radius 3 is 2.52 bits per heavy atom. The van der Waals surface area contributed by atoms with Gasteiger partial charge in [-0.1, -0.05) is 24.3 Å². The van der Waals surface area contributed by atoms with E-state index in [1.807, 2.05) is 37.3 Å². The van der Waals surface area contributed by atoms with Gasteiger partial charge in [-0.2, -0.15) is 0 Å². The Hall–Kier alpha value is -2.74. The smallest absolute Gasteiger partial charge is 0.232 e. The second-order valence-corrected chi connectivity index (χ2v) is 8.51. The quantitative estimate of drug-likeness (QED) is 0.565. The van der Waals surface area contributed by atoms with Crippen LogP contribution in [-0.2, 0) is 14.8 Å². The van der Waals surface area contributed by atoms with Crippen LogP contribution in [0.4, 0.5) is 5.69 Å². The van der Waals surface area contributed by atoms with Crippen molar-refractivity contribution in [3.63, 3.8) is 0 Å². The van der Waals surface area contributed by atoms with Crippen molar-refractivity contribution in [2.45, 2.75) is 19.8 Å². The van der Waals surface area contributed by atoms with Gasteiger partial charge in [0.05, 0.1) is 25.6 Å². The lowest BCUT2D eigenvalue weighted by Gasteiger charge is -2.24. The van der Waals surface area contributed by atoms with Crippen molar-refractivity contribution in [1.82, 2.24) is 5.32 Å². The Morgan fingerprint density at radius 1 is 1.10 bits per heavy atom. The first-order chi connectivity index (χ1) is 13.8. The lowest BCUT2D eigenvalue weighted by Crippen LogP contribution is -2.33. The molecule has 2 aromatic rings. The minimum Gasteiger partial charge on any atom is -0.497 e. The first kappa shape index (κ1) is 22.5. The number of carbonyl (C=O) groups excluding carboxylic acids is 1. The van der Waals surface area contributed by atoms with E-state index in [-0.39, 0.29) is 18.9 Å². The number of nitrogens with one attached hydrogen (secondary N) is 1. The van der Waals surface area contributed by atoms with Gasteiger partial charge in [0.1, 0.15) is 18.1 Å². The molecule has 0 radical (unpaired) electrons. The molecule has 8 heteroatoms. The van der Waals surface area contributed by atoms with Crippen molar-refractivity contribution in [3.8, 4) is 11.5 Å². The topological polar surface area (TPSA) is 84.9 Å². The minimum absolute atomic E-state index is 0.141. The van der Waals surface area contributed by atoms with Crippen molar-refractivity contribution < 1.29 is 22.7 Å². The van der Waals surface area contributed by atoms with Crippen LogP contribution < -0.4 is 19.1 Å². The molecular formula is C21H28N2O5S. The summed E-state index contributed by atoms with van der Waals surface area (Å²) in [6.45, 7) is 2.81. The zero-order valence-electron chi connectivity index (χ0n) is 17.1. The van der Waals surface area contributed by atoms with Crippen molar-refractivity contribution >= 4 is 21.6 Å². The molecule has 0 aliphatic carbocycles. The van der Waals surface area contributed by atoms with Gasteiger partial charge in [0.2, 0.25) is 15.9 Å². The zero-order chi connectivity index (χ0) is 21.3. The van der Waals surface area contributed by atoms with Gasteiger partial charge in [0.15, 0.2) is 0 Å². The molecule has 0 fully saturated rings. The molecule has 29 heavy (non-hydrogen) atoms. The highest BCUT2D eigenvalue weighted by molar-refractivity contribution is 7.92. The Bertz CT molecular complexity index is 915. The van der Waals surface area contributed by atoms with Crippen LogP contribution in [0.2, 0.25) is 0 Å².